The van der Waals surface area contributed by atoms with Gasteiger partial charge in [-0.05, 0) is 58.1 Å². The second-order valence-electron chi connectivity index (χ2n) is 8.62. The Hall–Kier alpha value is -3.02. The van der Waals surface area contributed by atoms with E-state index in [1.165, 1.54) is 6.07 Å². The van der Waals surface area contributed by atoms with E-state index in [0.29, 0.717) is 35.3 Å². The van der Waals surface area contributed by atoms with Gasteiger partial charge in [0.05, 0.1) is 11.3 Å². The Kier molecular flexibility index (Phi) is 10.4. The van der Waals surface area contributed by atoms with Crippen LogP contribution in [0, 0.1) is 0 Å². The molecule has 2 aromatic carbocycles. The molecule has 5 N–H and O–H groups in total. The minimum absolute atomic E-state index is 0.129. The number of hydrogen-bond donors (Lipinski definition) is 5. The second kappa shape index (κ2) is 13.5. The van der Waals surface area contributed by atoms with Gasteiger partial charge in [0.1, 0.15) is 11.5 Å². The first-order valence-electron chi connectivity index (χ1n) is 11.8. The fourth-order valence-corrected chi connectivity index (χ4v) is 4.96. The molecule has 2 amide bonds. The maximum absolute atomic E-state index is 13.4. The summed E-state index contributed by atoms with van der Waals surface area (Å²) in [7, 11) is 0. The van der Waals surface area contributed by atoms with Crippen LogP contribution >= 0.6 is 31.9 Å². The van der Waals surface area contributed by atoms with Crippen LogP contribution in [0.1, 0.15) is 69.7 Å². The molecule has 0 unspecified atom stereocenters. The molecule has 0 saturated carbocycles. The number of nitrogens with one attached hydrogen (secondary N) is 3. The molecule has 0 aliphatic rings. The van der Waals surface area contributed by atoms with Crippen LogP contribution in [0.15, 0.2) is 51.4 Å². The lowest BCUT2D eigenvalue weighted by atomic mass is 10.0. The minimum atomic E-state index is -1.04. The summed E-state index contributed by atoms with van der Waals surface area (Å²) >= 11 is 6.79. The number of imidazole rings is 1. The summed E-state index contributed by atoms with van der Waals surface area (Å²) in [5, 5.41) is 21.2. The number of unbranched alkanes of at least 4 members (excludes halogenated alkanes) is 1. The molecule has 1 atom stereocenters. The summed E-state index contributed by atoms with van der Waals surface area (Å²) in [6.07, 6.45) is 3.08. The van der Waals surface area contributed by atoms with Crippen LogP contribution in [0.3, 0.4) is 0 Å². The summed E-state index contributed by atoms with van der Waals surface area (Å²) in [4.78, 5) is 44.5. The number of carboxylic acids is 1. The van der Waals surface area contributed by atoms with E-state index < -0.39 is 23.8 Å². The molecule has 3 rings (SSSR count). The Balaban J connectivity index is 1.88. The first-order valence-corrected chi connectivity index (χ1v) is 13.4. The van der Waals surface area contributed by atoms with E-state index >= 15 is 0 Å². The van der Waals surface area contributed by atoms with Crippen LogP contribution in [-0.2, 0) is 24.1 Å². The van der Waals surface area contributed by atoms with Crippen LogP contribution in [-0.4, -0.2) is 44.1 Å². The van der Waals surface area contributed by atoms with Crippen molar-refractivity contribution in [2.45, 2.75) is 51.5 Å². The Morgan fingerprint density at radius 3 is 2.51 bits per heavy atom. The summed E-state index contributed by atoms with van der Waals surface area (Å²) in [5.74, 6) is -1.42. The Morgan fingerprint density at radius 1 is 1.11 bits per heavy atom. The smallest absolute Gasteiger partial charge is 0.336 e. The topological polar surface area (TPSA) is 144 Å². The Morgan fingerprint density at radius 2 is 1.86 bits per heavy atom. The number of nitrogens with zero attached hydrogens (tertiary/aromatic N) is 1. The molecule has 37 heavy (non-hydrogen) atoms. The fourth-order valence-electron chi connectivity index (χ4n) is 3.92. The molecule has 0 aliphatic heterocycles. The van der Waals surface area contributed by atoms with Gasteiger partial charge in [-0.15, -0.1) is 0 Å². The Bertz CT molecular complexity index is 1280. The first kappa shape index (κ1) is 28.5. The van der Waals surface area contributed by atoms with E-state index in [-0.39, 0.29) is 17.7 Å². The molecule has 0 fully saturated rings. The van der Waals surface area contributed by atoms with E-state index in [9.17, 15) is 19.5 Å². The molecule has 3 aromatic rings. The number of carbonyl (C=O) groups is 3. The number of H-pyrrole nitrogens is 1. The number of aromatic amines is 1. The van der Waals surface area contributed by atoms with Crippen LogP contribution in [0.5, 0.6) is 0 Å². The highest BCUT2D eigenvalue weighted by atomic mass is 79.9. The van der Waals surface area contributed by atoms with Crippen molar-refractivity contribution >= 4 is 49.6 Å². The fraction of sp³-hybridized carbons (Fsp3) is 0.308. The molecule has 1 aromatic heterocycles. The van der Waals surface area contributed by atoms with Crippen LogP contribution in [0.2, 0.25) is 0 Å². The molecule has 196 valence electrons. The van der Waals surface area contributed by atoms with E-state index in [2.05, 4.69) is 54.1 Å². The number of rotatable bonds is 12. The molecule has 0 bridgehead atoms. The molecule has 0 saturated heterocycles. The Labute approximate surface area is 231 Å². The number of carboxylic acid groups (broad SMARTS) is 1. The van der Waals surface area contributed by atoms with Crippen LogP contribution in [0.25, 0.3) is 0 Å². The van der Waals surface area contributed by atoms with Gasteiger partial charge >= 0.3 is 5.97 Å². The molecule has 1 heterocycles. The quantitative estimate of drug-likeness (QED) is 0.143. The predicted octanol–water partition coefficient (Wildman–Crippen LogP) is 4.80. The van der Waals surface area contributed by atoms with E-state index in [0.717, 1.165) is 28.4 Å². The minimum Gasteiger partial charge on any atom is -0.478 e. The lowest BCUT2D eigenvalue weighted by molar-refractivity contribution is -0.129. The largest absolute Gasteiger partial charge is 0.478 e. The average Bonchev–Trinajstić information content (AvgIpc) is 3.26. The zero-order valence-electron chi connectivity index (χ0n) is 20.2. The van der Waals surface area contributed by atoms with Crippen molar-refractivity contribution in [3.05, 3.63) is 85.3 Å². The highest BCUT2D eigenvalue weighted by molar-refractivity contribution is 9.10. The van der Waals surface area contributed by atoms with Gasteiger partial charge in [-0.3, -0.25) is 14.8 Å². The van der Waals surface area contributed by atoms with Gasteiger partial charge in [0.2, 0.25) is 5.91 Å². The third-order valence-corrected chi connectivity index (χ3v) is 7.20. The van der Waals surface area contributed by atoms with Gasteiger partial charge in [-0.2, -0.15) is 0 Å². The number of hydrogen-bond acceptors (Lipinski definition) is 5. The molecule has 0 spiro atoms. The molecule has 0 aliphatic carbocycles. The number of aromatic carboxylic acids is 1. The zero-order valence-corrected chi connectivity index (χ0v) is 23.4. The average molecular weight is 636 g/mol. The summed E-state index contributed by atoms with van der Waals surface area (Å²) in [5.41, 5.74) is 4.26. The number of hydroxylamine groups is 1. The highest BCUT2D eigenvalue weighted by Crippen LogP contribution is 2.22. The zero-order chi connectivity index (χ0) is 26.9. The van der Waals surface area contributed by atoms with Crippen LogP contribution in [0.4, 0.5) is 0 Å². The van der Waals surface area contributed by atoms with Crippen molar-refractivity contribution in [3.8, 4) is 0 Å². The third kappa shape index (κ3) is 7.98. The van der Waals surface area contributed by atoms with Crippen molar-refractivity contribution in [1.82, 2.24) is 20.8 Å². The van der Waals surface area contributed by atoms with Crippen molar-refractivity contribution in [2.24, 2.45) is 0 Å². The molecular weight excluding hydrogens is 608 g/mol. The standard InChI is InChI=1S/C26H28Br2N4O5/c1-2-3-8-22-30-21(12-15-9-10-18(26(35)36)20(28)11-15)24(31-22)25(34)29-17(14-23(33)32-37)13-16-6-4-5-7-19(16)27/h4-7,9-11,17,37H,2-3,8,12-14H2,1H3,(H,29,34)(H,30,31)(H,32,33)(H,35,36)/t17-/m1/s1. The van der Waals surface area contributed by atoms with E-state index in [1.54, 1.807) is 17.6 Å². The molecular formula is C26H28Br2N4O5. The lowest BCUT2D eigenvalue weighted by Crippen LogP contribution is -2.40. The van der Waals surface area contributed by atoms with E-state index in [1.807, 2.05) is 24.3 Å². The number of carbonyl (C=O) groups excluding carboxylic acids is 2. The maximum atomic E-state index is 13.4. The number of aryl methyl sites for hydroxylation is 1. The monoisotopic (exact) mass is 634 g/mol. The number of halogens is 2. The van der Waals surface area contributed by atoms with Crippen molar-refractivity contribution < 1.29 is 24.7 Å². The van der Waals surface area contributed by atoms with Gasteiger partial charge in [0.15, 0.2) is 0 Å². The van der Waals surface area contributed by atoms with Crippen molar-refractivity contribution in [2.75, 3.05) is 0 Å². The van der Waals surface area contributed by atoms with Crippen LogP contribution < -0.4 is 10.8 Å². The van der Waals surface area contributed by atoms with Gasteiger partial charge in [0, 0.05) is 34.2 Å². The summed E-state index contributed by atoms with van der Waals surface area (Å²) < 4.78 is 1.29. The van der Waals surface area contributed by atoms with E-state index in [4.69, 9.17) is 5.21 Å². The van der Waals surface area contributed by atoms with Gasteiger partial charge in [-0.25, -0.2) is 15.3 Å². The lowest BCUT2D eigenvalue weighted by Gasteiger charge is -2.18. The first-order chi connectivity index (χ1) is 17.7. The van der Waals surface area contributed by atoms with Gasteiger partial charge in [0.25, 0.3) is 5.91 Å². The molecule has 9 nitrogen and oxygen atoms in total. The maximum Gasteiger partial charge on any atom is 0.336 e. The number of benzene rings is 2. The third-order valence-electron chi connectivity index (χ3n) is 5.77. The SMILES string of the molecule is CCCCc1nc(C(=O)N[C@@H](CC(=O)NO)Cc2ccccc2Br)c(Cc2ccc(C(=O)O)c(Br)c2)[nH]1. The predicted molar refractivity (Wildman–Crippen MR) is 145 cm³/mol. The number of aromatic nitrogens is 2. The van der Waals surface area contributed by atoms with Crippen molar-refractivity contribution in [3.63, 3.8) is 0 Å². The van der Waals surface area contributed by atoms with Gasteiger partial charge < -0.3 is 15.4 Å². The normalized spacial score (nSPS) is 11.7. The summed E-state index contributed by atoms with van der Waals surface area (Å²) in [6, 6.07) is 11.8. The molecule has 11 heteroatoms. The molecule has 0 radical (unpaired) electrons. The summed E-state index contributed by atoms with van der Waals surface area (Å²) in [6.45, 7) is 2.07. The highest BCUT2D eigenvalue weighted by Gasteiger charge is 2.23. The van der Waals surface area contributed by atoms with Gasteiger partial charge in [-0.1, -0.05) is 53.5 Å². The second-order valence-corrected chi connectivity index (χ2v) is 10.3. The number of amides is 2. The van der Waals surface area contributed by atoms with Crippen molar-refractivity contribution in [1.29, 1.82) is 0 Å².